The number of benzene rings is 2. The van der Waals surface area contributed by atoms with Crippen LogP contribution in [0.5, 0.6) is 0 Å². The standard InChI is InChI=1S/C22H26N2O3/c1-2-27-21(25)12-16-5-6-17-9-10-20(13-19(17)11-16)24-22(26)18-7-3-15(14-23)4-8-18/h3-4,7-10,13,16H,2,5-6,11-12,14,23H2,1H3,(H,24,26). The fraction of sp³-hybridized carbons (Fsp3) is 0.364. The Balaban J connectivity index is 1.66. The van der Waals surface area contributed by atoms with Crippen LogP contribution in [0.3, 0.4) is 0 Å². The van der Waals surface area contributed by atoms with Gasteiger partial charge in [0.05, 0.1) is 6.61 Å². The van der Waals surface area contributed by atoms with Crippen LogP contribution in [0.25, 0.3) is 0 Å². The van der Waals surface area contributed by atoms with E-state index >= 15 is 0 Å². The van der Waals surface area contributed by atoms with Crippen LogP contribution in [0, 0.1) is 5.92 Å². The number of nitrogens with two attached hydrogens (primary N) is 1. The van der Waals surface area contributed by atoms with Gasteiger partial charge in [0, 0.05) is 24.2 Å². The Labute approximate surface area is 159 Å². The lowest BCUT2D eigenvalue weighted by molar-refractivity contribution is -0.144. The van der Waals surface area contributed by atoms with Gasteiger partial charge in [-0.15, -0.1) is 0 Å². The molecule has 0 heterocycles. The van der Waals surface area contributed by atoms with Gasteiger partial charge in [0.15, 0.2) is 0 Å². The Bertz CT molecular complexity index is 815. The van der Waals surface area contributed by atoms with Crippen LogP contribution in [0.4, 0.5) is 5.69 Å². The largest absolute Gasteiger partial charge is 0.466 e. The van der Waals surface area contributed by atoms with E-state index in [1.807, 2.05) is 31.2 Å². The summed E-state index contributed by atoms with van der Waals surface area (Å²) in [5.74, 6) is 0.0278. The fourth-order valence-corrected chi connectivity index (χ4v) is 3.54. The second kappa shape index (κ2) is 8.82. The molecule has 1 unspecified atom stereocenters. The van der Waals surface area contributed by atoms with Crippen molar-refractivity contribution in [2.24, 2.45) is 11.7 Å². The van der Waals surface area contributed by atoms with Gasteiger partial charge < -0.3 is 15.8 Å². The lowest BCUT2D eigenvalue weighted by atomic mass is 9.82. The van der Waals surface area contributed by atoms with Gasteiger partial charge in [-0.1, -0.05) is 18.2 Å². The highest BCUT2D eigenvalue weighted by atomic mass is 16.5. The summed E-state index contributed by atoms with van der Waals surface area (Å²) in [5.41, 5.74) is 10.5. The van der Waals surface area contributed by atoms with E-state index in [0.29, 0.717) is 31.1 Å². The molecule has 5 nitrogen and oxygen atoms in total. The molecule has 5 heteroatoms. The minimum absolute atomic E-state index is 0.128. The van der Waals surface area contributed by atoms with Crippen LogP contribution >= 0.6 is 0 Å². The first-order valence-corrected chi connectivity index (χ1v) is 9.46. The van der Waals surface area contributed by atoms with E-state index in [1.54, 1.807) is 12.1 Å². The van der Waals surface area contributed by atoms with E-state index in [2.05, 4.69) is 11.4 Å². The monoisotopic (exact) mass is 366 g/mol. The third kappa shape index (κ3) is 4.95. The summed E-state index contributed by atoms with van der Waals surface area (Å²) in [4.78, 5) is 24.2. The molecular formula is C22H26N2O3. The van der Waals surface area contributed by atoms with Gasteiger partial charge in [-0.2, -0.15) is 0 Å². The normalized spacial score (nSPS) is 15.7. The zero-order chi connectivity index (χ0) is 19.2. The van der Waals surface area contributed by atoms with E-state index in [1.165, 1.54) is 11.1 Å². The number of nitrogens with one attached hydrogen (secondary N) is 1. The van der Waals surface area contributed by atoms with Crippen molar-refractivity contribution in [3.05, 3.63) is 64.7 Å². The topological polar surface area (TPSA) is 81.4 Å². The highest BCUT2D eigenvalue weighted by Crippen LogP contribution is 2.30. The number of ether oxygens (including phenoxy) is 1. The molecular weight excluding hydrogens is 340 g/mol. The molecule has 2 aromatic carbocycles. The molecule has 27 heavy (non-hydrogen) atoms. The van der Waals surface area contributed by atoms with E-state index in [9.17, 15) is 9.59 Å². The van der Waals surface area contributed by atoms with Crippen molar-refractivity contribution < 1.29 is 14.3 Å². The van der Waals surface area contributed by atoms with Gasteiger partial charge in [0.2, 0.25) is 0 Å². The van der Waals surface area contributed by atoms with Crippen molar-refractivity contribution in [3.8, 4) is 0 Å². The van der Waals surface area contributed by atoms with Gasteiger partial charge in [-0.05, 0) is 73.1 Å². The number of carbonyl (C=O) groups is 2. The number of amides is 1. The second-order valence-electron chi connectivity index (χ2n) is 6.96. The van der Waals surface area contributed by atoms with Crippen molar-refractivity contribution in [3.63, 3.8) is 0 Å². The number of carbonyl (C=O) groups excluding carboxylic acids is 2. The summed E-state index contributed by atoms with van der Waals surface area (Å²) in [6.45, 7) is 2.71. The van der Waals surface area contributed by atoms with Gasteiger partial charge in [0.25, 0.3) is 5.91 Å². The van der Waals surface area contributed by atoms with Crippen molar-refractivity contribution in [1.29, 1.82) is 0 Å². The Morgan fingerprint density at radius 2 is 1.93 bits per heavy atom. The Morgan fingerprint density at radius 1 is 1.15 bits per heavy atom. The summed E-state index contributed by atoms with van der Waals surface area (Å²) in [6.07, 6.45) is 3.24. The van der Waals surface area contributed by atoms with Crippen molar-refractivity contribution in [2.45, 2.75) is 39.2 Å². The van der Waals surface area contributed by atoms with Gasteiger partial charge in [0.1, 0.15) is 0 Å². The first-order valence-electron chi connectivity index (χ1n) is 9.46. The van der Waals surface area contributed by atoms with E-state index < -0.39 is 0 Å². The number of esters is 1. The molecule has 0 radical (unpaired) electrons. The average Bonchev–Trinajstić information content (AvgIpc) is 2.68. The number of aryl methyl sites for hydroxylation is 1. The van der Waals surface area contributed by atoms with Crippen LogP contribution in [0.2, 0.25) is 0 Å². The molecule has 142 valence electrons. The van der Waals surface area contributed by atoms with Crippen LogP contribution in [0.1, 0.15) is 46.8 Å². The SMILES string of the molecule is CCOC(=O)CC1CCc2ccc(NC(=O)c3ccc(CN)cc3)cc2C1. The highest BCUT2D eigenvalue weighted by molar-refractivity contribution is 6.04. The number of hydrogen-bond acceptors (Lipinski definition) is 4. The maximum absolute atomic E-state index is 12.5. The lowest BCUT2D eigenvalue weighted by Gasteiger charge is -2.24. The molecule has 1 aliphatic rings. The predicted octanol–water partition coefficient (Wildman–Crippen LogP) is 3.46. The molecule has 0 fully saturated rings. The third-order valence-corrected chi connectivity index (χ3v) is 5.01. The number of anilines is 1. The minimum Gasteiger partial charge on any atom is -0.466 e. The summed E-state index contributed by atoms with van der Waals surface area (Å²) in [7, 11) is 0. The van der Waals surface area contributed by atoms with Crippen molar-refractivity contribution in [1.82, 2.24) is 0 Å². The van der Waals surface area contributed by atoms with Gasteiger partial charge in [-0.25, -0.2) is 0 Å². The van der Waals surface area contributed by atoms with Crippen molar-refractivity contribution >= 4 is 17.6 Å². The Morgan fingerprint density at radius 3 is 2.63 bits per heavy atom. The summed E-state index contributed by atoms with van der Waals surface area (Å²) in [6, 6.07) is 13.3. The van der Waals surface area contributed by atoms with E-state index in [0.717, 1.165) is 30.5 Å². The predicted molar refractivity (Wildman–Crippen MR) is 105 cm³/mol. The summed E-state index contributed by atoms with van der Waals surface area (Å²) >= 11 is 0. The summed E-state index contributed by atoms with van der Waals surface area (Å²) in [5, 5.41) is 2.96. The van der Waals surface area contributed by atoms with Crippen LogP contribution in [-0.4, -0.2) is 18.5 Å². The highest BCUT2D eigenvalue weighted by Gasteiger charge is 2.22. The number of fused-ring (bicyclic) bond motifs is 1. The molecule has 3 N–H and O–H groups in total. The quantitative estimate of drug-likeness (QED) is 0.767. The summed E-state index contributed by atoms with van der Waals surface area (Å²) < 4.78 is 5.07. The molecule has 1 aliphatic carbocycles. The molecule has 0 aliphatic heterocycles. The van der Waals surface area contributed by atoms with Gasteiger partial charge >= 0.3 is 5.97 Å². The first-order chi connectivity index (χ1) is 13.1. The zero-order valence-electron chi connectivity index (χ0n) is 15.7. The molecule has 3 rings (SSSR count). The molecule has 0 aromatic heterocycles. The van der Waals surface area contributed by atoms with Gasteiger partial charge in [-0.3, -0.25) is 9.59 Å². The third-order valence-electron chi connectivity index (χ3n) is 5.01. The molecule has 1 amide bonds. The smallest absolute Gasteiger partial charge is 0.306 e. The maximum Gasteiger partial charge on any atom is 0.306 e. The first kappa shape index (κ1) is 19.1. The number of hydrogen-bond donors (Lipinski definition) is 2. The zero-order valence-corrected chi connectivity index (χ0v) is 15.7. The Hall–Kier alpha value is -2.66. The van der Waals surface area contributed by atoms with E-state index in [4.69, 9.17) is 10.5 Å². The van der Waals surface area contributed by atoms with Crippen LogP contribution in [-0.2, 0) is 28.9 Å². The lowest BCUT2D eigenvalue weighted by Crippen LogP contribution is -2.19. The molecule has 0 saturated heterocycles. The molecule has 1 atom stereocenters. The molecule has 0 spiro atoms. The maximum atomic E-state index is 12.5. The molecule has 0 bridgehead atoms. The van der Waals surface area contributed by atoms with Crippen LogP contribution < -0.4 is 11.1 Å². The molecule has 0 saturated carbocycles. The Kier molecular flexibility index (Phi) is 6.24. The average molecular weight is 366 g/mol. The second-order valence-corrected chi connectivity index (χ2v) is 6.96. The number of rotatable bonds is 6. The van der Waals surface area contributed by atoms with Crippen LogP contribution in [0.15, 0.2) is 42.5 Å². The van der Waals surface area contributed by atoms with Crippen molar-refractivity contribution in [2.75, 3.05) is 11.9 Å². The fourth-order valence-electron chi connectivity index (χ4n) is 3.54. The minimum atomic E-state index is -0.141. The van der Waals surface area contributed by atoms with E-state index in [-0.39, 0.29) is 11.9 Å². The molecule has 2 aromatic rings.